The van der Waals surface area contributed by atoms with Gasteiger partial charge in [-0.25, -0.2) is 0 Å². The zero-order chi connectivity index (χ0) is 13.5. The molecular weight excluding hydrogens is 236 g/mol. The van der Waals surface area contributed by atoms with Crippen LogP contribution in [0.25, 0.3) is 0 Å². The van der Waals surface area contributed by atoms with Gasteiger partial charge in [-0.1, -0.05) is 43.9 Å². The standard InChI is InChI=1S/C16H24N2O/c1-13-6-2-5-9-15(13)18-16(19)12-17-11-10-14-7-3-4-8-14/h2,5-6,9,14,17H,3-4,7-8,10-12H2,1H3,(H,18,19). The van der Waals surface area contributed by atoms with E-state index in [9.17, 15) is 4.79 Å². The van der Waals surface area contributed by atoms with E-state index in [0.29, 0.717) is 6.54 Å². The van der Waals surface area contributed by atoms with Crippen LogP contribution in [0.1, 0.15) is 37.7 Å². The Balaban J connectivity index is 1.63. The van der Waals surface area contributed by atoms with E-state index >= 15 is 0 Å². The molecule has 2 N–H and O–H groups in total. The quantitative estimate of drug-likeness (QED) is 0.772. The van der Waals surface area contributed by atoms with Crippen molar-refractivity contribution in [1.82, 2.24) is 5.32 Å². The minimum absolute atomic E-state index is 0.0423. The van der Waals surface area contributed by atoms with Gasteiger partial charge in [0.2, 0.25) is 5.91 Å². The summed E-state index contributed by atoms with van der Waals surface area (Å²) in [4.78, 5) is 11.8. The van der Waals surface area contributed by atoms with Gasteiger partial charge in [0.25, 0.3) is 0 Å². The second-order valence-electron chi connectivity index (χ2n) is 5.48. The van der Waals surface area contributed by atoms with E-state index in [4.69, 9.17) is 0 Å². The molecule has 1 amide bonds. The molecule has 1 saturated carbocycles. The summed E-state index contributed by atoms with van der Waals surface area (Å²) < 4.78 is 0. The number of para-hydroxylation sites is 1. The molecule has 0 unspecified atom stereocenters. The molecule has 1 aromatic carbocycles. The van der Waals surface area contributed by atoms with E-state index in [0.717, 1.165) is 23.7 Å². The molecular formula is C16H24N2O. The Kier molecular flexibility index (Phi) is 5.40. The molecule has 0 radical (unpaired) electrons. The maximum absolute atomic E-state index is 11.8. The lowest BCUT2D eigenvalue weighted by molar-refractivity contribution is -0.115. The molecule has 0 heterocycles. The SMILES string of the molecule is Cc1ccccc1NC(=O)CNCCC1CCCC1. The molecule has 1 aliphatic carbocycles. The van der Waals surface area contributed by atoms with Crippen LogP contribution in [0.15, 0.2) is 24.3 Å². The highest BCUT2D eigenvalue weighted by molar-refractivity contribution is 5.92. The highest BCUT2D eigenvalue weighted by Crippen LogP contribution is 2.26. The fourth-order valence-corrected chi connectivity index (χ4v) is 2.71. The van der Waals surface area contributed by atoms with Crippen LogP contribution in [-0.2, 0) is 4.79 Å². The van der Waals surface area contributed by atoms with Crippen molar-refractivity contribution >= 4 is 11.6 Å². The van der Waals surface area contributed by atoms with E-state index in [1.165, 1.54) is 32.1 Å². The third kappa shape index (κ3) is 4.67. The van der Waals surface area contributed by atoms with Crippen LogP contribution in [0.4, 0.5) is 5.69 Å². The zero-order valence-corrected chi connectivity index (χ0v) is 11.7. The van der Waals surface area contributed by atoms with Crippen LogP contribution in [0, 0.1) is 12.8 Å². The molecule has 19 heavy (non-hydrogen) atoms. The Bertz CT molecular complexity index is 411. The molecule has 1 aromatic rings. The third-order valence-electron chi connectivity index (χ3n) is 3.91. The van der Waals surface area contributed by atoms with E-state index in [2.05, 4.69) is 10.6 Å². The van der Waals surface area contributed by atoms with Gasteiger partial charge in [-0.15, -0.1) is 0 Å². The number of amides is 1. The van der Waals surface area contributed by atoms with Crippen molar-refractivity contribution in [2.75, 3.05) is 18.4 Å². The van der Waals surface area contributed by atoms with E-state index in [1.807, 2.05) is 31.2 Å². The topological polar surface area (TPSA) is 41.1 Å². The fraction of sp³-hybridized carbons (Fsp3) is 0.562. The summed E-state index contributed by atoms with van der Waals surface area (Å²) in [5, 5.41) is 6.18. The van der Waals surface area contributed by atoms with Gasteiger partial charge >= 0.3 is 0 Å². The predicted molar refractivity (Wildman–Crippen MR) is 79.3 cm³/mol. The molecule has 0 bridgehead atoms. The summed E-state index contributed by atoms with van der Waals surface area (Å²) in [7, 11) is 0. The van der Waals surface area contributed by atoms with Gasteiger partial charge in [0.1, 0.15) is 0 Å². The summed E-state index contributed by atoms with van der Waals surface area (Å²) >= 11 is 0. The van der Waals surface area contributed by atoms with Gasteiger partial charge in [0.05, 0.1) is 6.54 Å². The number of rotatable bonds is 6. The fourth-order valence-electron chi connectivity index (χ4n) is 2.71. The highest BCUT2D eigenvalue weighted by Gasteiger charge is 2.14. The first kappa shape index (κ1) is 14.1. The first-order valence-corrected chi connectivity index (χ1v) is 7.32. The molecule has 1 fully saturated rings. The molecule has 0 saturated heterocycles. The van der Waals surface area contributed by atoms with Crippen LogP contribution in [0.5, 0.6) is 0 Å². The molecule has 0 spiro atoms. The van der Waals surface area contributed by atoms with Crippen LogP contribution >= 0.6 is 0 Å². The summed E-state index contributed by atoms with van der Waals surface area (Å²) in [6, 6.07) is 7.86. The van der Waals surface area contributed by atoms with Crippen molar-refractivity contribution < 1.29 is 4.79 Å². The first-order valence-electron chi connectivity index (χ1n) is 7.32. The number of benzene rings is 1. The van der Waals surface area contributed by atoms with Gasteiger partial charge in [-0.2, -0.15) is 0 Å². The van der Waals surface area contributed by atoms with Crippen molar-refractivity contribution in [2.24, 2.45) is 5.92 Å². The number of carbonyl (C=O) groups excluding carboxylic acids is 1. The van der Waals surface area contributed by atoms with Crippen LogP contribution in [0.3, 0.4) is 0 Å². The molecule has 2 rings (SSSR count). The summed E-state index contributed by atoms with van der Waals surface area (Å²) in [6.45, 7) is 3.36. The van der Waals surface area contributed by atoms with Crippen LogP contribution < -0.4 is 10.6 Å². The number of hydrogen-bond acceptors (Lipinski definition) is 2. The van der Waals surface area contributed by atoms with Crippen molar-refractivity contribution in [3.05, 3.63) is 29.8 Å². The maximum atomic E-state index is 11.8. The Hall–Kier alpha value is -1.35. The van der Waals surface area contributed by atoms with Gasteiger partial charge in [0.15, 0.2) is 0 Å². The average molecular weight is 260 g/mol. The first-order chi connectivity index (χ1) is 9.25. The minimum Gasteiger partial charge on any atom is -0.325 e. The van der Waals surface area contributed by atoms with E-state index in [1.54, 1.807) is 0 Å². The van der Waals surface area contributed by atoms with Crippen molar-refractivity contribution in [3.63, 3.8) is 0 Å². The van der Waals surface area contributed by atoms with Crippen molar-refractivity contribution in [2.45, 2.75) is 39.0 Å². The lowest BCUT2D eigenvalue weighted by Crippen LogP contribution is -2.29. The number of nitrogens with one attached hydrogen (secondary N) is 2. The molecule has 3 nitrogen and oxygen atoms in total. The molecule has 104 valence electrons. The minimum atomic E-state index is 0.0423. The largest absolute Gasteiger partial charge is 0.325 e. The smallest absolute Gasteiger partial charge is 0.238 e. The lowest BCUT2D eigenvalue weighted by Gasteiger charge is -2.11. The second kappa shape index (κ2) is 7.29. The number of carbonyl (C=O) groups is 1. The number of anilines is 1. The summed E-state index contributed by atoms with van der Waals surface area (Å²) in [6.07, 6.45) is 6.72. The monoisotopic (exact) mass is 260 g/mol. The van der Waals surface area contributed by atoms with E-state index in [-0.39, 0.29) is 5.91 Å². The molecule has 0 atom stereocenters. The van der Waals surface area contributed by atoms with Crippen LogP contribution in [0.2, 0.25) is 0 Å². The molecule has 0 aliphatic heterocycles. The Labute approximate surface area is 115 Å². The van der Waals surface area contributed by atoms with Crippen LogP contribution in [-0.4, -0.2) is 19.0 Å². The van der Waals surface area contributed by atoms with Gasteiger partial charge in [0, 0.05) is 5.69 Å². The van der Waals surface area contributed by atoms with Gasteiger partial charge < -0.3 is 10.6 Å². The van der Waals surface area contributed by atoms with Crippen molar-refractivity contribution in [1.29, 1.82) is 0 Å². The highest BCUT2D eigenvalue weighted by atomic mass is 16.1. The van der Waals surface area contributed by atoms with Gasteiger partial charge in [-0.05, 0) is 37.4 Å². The zero-order valence-electron chi connectivity index (χ0n) is 11.7. The Morgan fingerprint density at radius 2 is 2.00 bits per heavy atom. The number of hydrogen-bond donors (Lipinski definition) is 2. The molecule has 3 heteroatoms. The normalized spacial score (nSPS) is 15.6. The second-order valence-corrected chi connectivity index (χ2v) is 5.48. The van der Waals surface area contributed by atoms with Gasteiger partial charge in [-0.3, -0.25) is 4.79 Å². The summed E-state index contributed by atoms with van der Waals surface area (Å²) in [5.41, 5.74) is 2.01. The lowest BCUT2D eigenvalue weighted by atomic mass is 10.0. The maximum Gasteiger partial charge on any atom is 0.238 e. The third-order valence-corrected chi connectivity index (χ3v) is 3.91. The Morgan fingerprint density at radius 3 is 2.74 bits per heavy atom. The average Bonchev–Trinajstić information content (AvgIpc) is 2.91. The Morgan fingerprint density at radius 1 is 1.26 bits per heavy atom. The molecule has 0 aromatic heterocycles. The predicted octanol–water partition coefficient (Wildman–Crippen LogP) is 3.10. The van der Waals surface area contributed by atoms with E-state index < -0.39 is 0 Å². The summed E-state index contributed by atoms with van der Waals surface area (Å²) in [5.74, 6) is 0.924. The molecule has 1 aliphatic rings. The van der Waals surface area contributed by atoms with Crippen molar-refractivity contribution in [3.8, 4) is 0 Å². The number of aryl methyl sites for hydroxylation is 1.